The molecule has 0 saturated carbocycles. The number of esters is 2. The molecule has 2 saturated heterocycles. The Hall–Kier alpha value is -2.45. The van der Waals surface area contributed by atoms with Crippen LogP contribution in [0.25, 0.3) is 0 Å². The number of nitrogens with zero attached hydrogens (tertiary/aromatic N) is 1. The fourth-order valence-electron chi connectivity index (χ4n) is 4.08. The highest BCUT2D eigenvalue weighted by atomic mass is 32.1. The van der Waals surface area contributed by atoms with Crippen LogP contribution in [0.15, 0.2) is 29.6 Å². The van der Waals surface area contributed by atoms with E-state index in [-0.39, 0.29) is 19.4 Å². The molecule has 2 aromatic rings. The maximum Gasteiger partial charge on any atom is 0.324 e. The van der Waals surface area contributed by atoms with Gasteiger partial charge in [-0.15, -0.1) is 11.3 Å². The molecule has 1 N–H and O–H groups in total. The molecule has 166 valence electrons. The van der Waals surface area contributed by atoms with Gasteiger partial charge in [0.15, 0.2) is 16.1 Å². The van der Waals surface area contributed by atoms with Gasteiger partial charge in [-0.3, -0.25) is 9.59 Å². The average molecular weight is 445 g/mol. The molecule has 31 heavy (non-hydrogen) atoms. The number of anilines is 2. The van der Waals surface area contributed by atoms with Crippen molar-refractivity contribution < 1.29 is 23.8 Å². The van der Waals surface area contributed by atoms with Crippen molar-refractivity contribution in [2.75, 3.05) is 18.5 Å². The molecular formula is C23H28N2O5S. The normalized spacial score (nSPS) is 27.7. The van der Waals surface area contributed by atoms with E-state index in [4.69, 9.17) is 14.2 Å². The largest absolute Gasteiger partial charge is 0.459 e. The predicted octanol–water partition coefficient (Wildman–Crippen LogP) is 4.33. The van der Waals surface area contributed by atoms with Gasteiger partial charge in [-0.2, -0.15) is 0 Å². The quantitative estimate of drug-likeness (QED) is 0.502. The minimum Gasteiger partial charge on any atom is -0.459 e. The molecule has 3 heterocycles. The van der Waals surface area contributed by atoms with Crippen LogP contribution >= 0.6 is 11.3 Å². The van der Waals surface area contributed by atoms with Gasteiger partial charge >= 0.3 is 11.9 Å². The van der Waals surface area contributed by atoms with Crippen LogP contribution < -0.4 is 5.32 Å². The number of thiazole rings is 1. The van der Waals surface area contributed by atoms with Crippen LogP contribution in [0.3, 0.4) is 0 Å². The van der Waals surface area contributed by atoms with Gasteiger partial charge in [0.2, 0.25) is 0 Å². The van der Waals surface area contributed by atoms with Crippen molar-refractivity contribution in [3.05, 3.63) is 40.9 Å². The fourth-order valence-corrected chi connectivity index (χ4v) is 4.93. The van der Waals surface area contributed by atoms with Crippen LogP contribution in [0.4, 0.5) is 10.8 Å². The highest BCUT2D eigenvalue weighted by molar-refractivity contribution is 7.13. The Morgan fingerprint density at radius 2 is 2.00 bits per heavy atom. The summed E-state index contributed by atoms with van der Waals surface area (Å²) in [6, 6.07) is 8.01. The van der Waals surface area contributed by atoms with E-state index in [1.54, 1.807) is 6.92 Å². The molecule has 0 radical (unpaired) electrons. The molecule has 0 unspecified atom stereocenters. The van der Waals surface area contributed by atoms with Gasteiger partial charge in [0.25, 0.3) is 0 Å². The molecule has 0 aliphatic carbocycles. The molecule has 7 nitrogen and oxygen atoms in total. The Bertz CT molecular complexity index is 973. The summed E-state index contributed by atoms with van der Waals surface area (Å²) in [5.74, 6) is -0.668. The Balaban J connectivity index is 1.46. The molecule has 0 amide bonds. The smallest absolute Gasteiger partial charge is 0.324 e. The van der Waals surface area contributed by atoms with E-state index in [2.05, 4.69) is 24.1 Å². The minimum absolute atomic E-state index is 0.214. The third kappa shape index (κ3) is 4.32. The molecule has 2 fully saturated rings. The number of hydrogen-bond acceptors (Lipinski definition) is 8. The van der Waals surface area contributed by atoms with Crippen LogP contribution in [-0.2, 0) is 29.4 Å². The Morgan fingerprint density at radius 1 is 1.26 bits per heavy atom. The first-order valence-electron chi connectivity index (χ1n) is 10.5. The van der Waals surface area contributed by atoms with E-state index >= 15 is 0 Å². The monoisotopic (exact) mass is 444 g/mol. The van der Waals surface area contributed by atoms with E-state index in [1.807, 2.05) is 36.6 Å². The molecule has 4 rings (SSSR count). The number of cyclic esters (lactones) is 2. The summed E-state index contributed by atoms with van der Waals surface area (Å²) in [6.45, 7) is 8.82. The second kappa shape index (κ2) is 8.24. The number of rotatable bonds is 7. The minimum atomic E-state index is -1.28. The number of carbonyl (C=O) groups excluding carboxylic acids is 2. The lowest BCUT2D eigenvalue weighted by Gasteiger charge is -2.20. The summed E-state index contributed by atoms with van der Waals surface area (Å²) in [5, 5.41) is 5.84. The molecular weight excluding hydrogens is 416 g/mol. The maximum atomic E-state index is 12.9. The molecule has 2 aliphatic rings. The zero-order chi connectivity index (χ0) is 22.2. The Kier molecular flexibility index (Phi) is 5.79. The first kappa shape index (κ1) is 21.8. The summed E-state index contributed by atoms with van der Waals surface area (Å²) in [6.07, 6.45) is 0.0542. The maximum absolute atomic E-state index is 12.9. The van der Waals surface area contributed by atoms with Gasteiger partial charge in [-0.25, -0.2) is 4.98 Å². The molecule has 1 spiro atoms. The van der Waals surface area contributed by atoms with Gasteiger partial charge in [0.05, 0.1) is 12.3 Å². The van der Waals surface area contributed by atoms with Crippen molar-refractivity contribution >= 4 is 34.1 Å². The number of aryl methyl sites for hydroxylation is 1. The lowest BCUT2D eigenvalue weighted by molar-refractivity contribution is -0.160. The number of ether oxygens (including phenoxy) is 3. The number of nitrogens with one attached hydrogen (secondary N) is 1. The van der Waals surface area contributed by atoms with Crippen molar-refractivity contribution in [3.63, 3.8) is 0 Å². The van der Waals surface area contributed by atoms with Gasteiger partial charge in [-0.1, -0.05) is 31.5 Å². The number of carbonyl (C=O) groups is 2. The average Bonchev–Trinajstić information content (AvgIpc) is 3.36. The van der Waals surface area contributed by atoms with E-state index in [0.29, 0.717) is 23.4 Å². The Morgan fingerprint density at radius 3 is 2.71 bits per heavy atom. The van der Waals surface area contributed by atoms with E-state index < -0.39 is 29.1 Å². The van der Waals surface area contributed by atoms with Crippen molar-refractivity contribution in [1.29, 1.82) is 0 Å². The van der Waals surface area contributed by atoms with Crippen molar-refractivity contribution in [1.82, 2.24) is 4.98 Å². The summed E-state index contributed by atoms with van der Waals surface area (Å²) in [5.41, 5.74) is 0.477. The van der Waals surface area contributed by atoms with Gasteiger partial charge in [0.1, 0.15) is 6.10 Å². The standard InChI is InChI=1S/C23H28N2O5S/c1-14(2)10-28-11-17-9-23(19(26)29-17)13-22(4,30-20(23)27)18-12-31-21(25-18)24-16-7-5-15(3)6-8-16/h5-8,12,14,17H,9-11,13H2,1-4H3,(H,24,25)/t17-,22+,23+/m1/s1. The lowest BCUT2D eigenvalue weighted by atomic mass is 9.78. The van der Waals surface area contributed by atoms with Gasteiger partial charge < -0.3 is 19.5 Å². The molecule has 1 aromatic heterocycles. The zero-order valence-electron chi connectivity index (χ0n) is 18.3. The summed E-state index contributed by atoms with van der Waals surface area (Å²) in [4.78, 5) is 30.2. The summed E-state index contributed by atoms with van der Waals surface area (Å²) in [7, 11) is 0. The molecule has 1 aromatic carbocycles. The molecule has 2 aliphatic heterocycles. The summed E-state index contributed by atoms with van der Waals surface area (Å²) >= 11 is 1.43. The van der Waals surface area contributed by atoms with Crippen molar-refractivity contribution in [3.8, 4) is 0 Å². The van der Waals surface area contributed by atoms with Gasteiger partial charge in [-0.05, 0) is 31.9 Å². The molecule has 8 heteroatoms. The van der Waals surface area contributed by atoms with E-state index in [9.17, 15) is 9.59 Å². The number of aromatic nitrogens is 1. The first-order valence-corrected chi connectivity index (χ1v) is 11.4. The third-order valence-corrected chi connectivity index (χ3v) is 6.45. The second-order valence-corrected chi connectivity index (χ2v) is 9.93. The molecule has 0 bridgehead atoms. The molecule has 3 atom stereocenters. The zero-order valence-corrected chi connectivity index (χ0v) is 19.1. The van der Waals surface area contributed by atoms with Gasteiger partial charge in [0, 0.05) is 30.5 Å². The van der Waals surface area contributed by atoms with E-state index in [1.165, 1.54) is 16.9 Å². The predicted molar refractivity (Wildman–Crippen MR) is 117 cm³/mol. The number of benzene rings is 1. The van der Waals surface area contributed by atoms with Crippen molar-refractivity contribution in [2.24, 2.45) is 11.3 Å². The fraction of sp³-hybridized carbons (Fsp3) is 0.522. The lowest BCUT2D eigenvalue weighted by Crippen LogP contribution is -2.32. The van der Waals surface area contributed by atoms with Crippen LogP contribution in [0.5, 0.6) is 0 Å². The second-order valence-electron chi connectivity index (χ2n) is 9.07. The highest BCUT2D eigenvalue weighted by Crippen LogP contribution is 2.52. The Labute approximate surface area is 186 Å². The third-order valence-electron chi connectivity index (χ3n) is 5.69. The topological polar surface area (TPSA) is 86.8 Å². The summed E-state index contributed by atoms with van der Waals surface area (Å²) < 4.78 is 16.8. The van der Waals surface area contributed by atoms with E-state index in [0.717, 1.165) is 5.69 Å². The van der Waals surface area contributed by atoms with Crippen LogP contribution in [0.1, 0.15) is 44.9 Å². The van der Waals surface area contributed by atoms with Crippen LogP contribution in [-0.4, -0.2) is 36.2 Å². The number of hydrogen-bond donors (Lipinski definition) is 1. The SMILES string of the molecule is Cc1ccc(Nc2nc([C@]3(C)C[C@]4(C[C@H](COCC(C)C)OC4=O)C(=O)O3)cs2)cc1. The first-order chi connectivity index (χ1) is 14.7. The van der Waals surface area contributed by atoms with Crippen LogP contribution in [0.2, 0.25) is 0 Å². The van der Waals surface area contributed by atoms with Crippen LogP contribution in [0, 0.1) is 18.3 Å². The van der Waals surface area contributed by atoms with Crippen molar-refractivity contribution in [2.45, 2.75) is 52.2 Å². The highest BCUT2D eigenvalue weighted by Gasteiger charge is 2.65.